The quantitative estimate of drug-likeness (QED) is 0.829. The summed E-state index contributed by atoms with van der Waals surface area (Å²) in [6.07, 6.45) is 6.80. The van der Waals surface area contributed by atoms with Crippen LogP contribution < -0.4 is 5.32 Å². The lowest BCUT2D eigenvalue weighted by Crippen LogP contribution is -2.32. The molecular formula is C12H18ClNO. The Morgan fingerprint density at radius 2 is 2.40 bits per heavy atom. The molecule has 2 nitrogen and oxygen atoms in total. The lowest BCUT2D eigenvalue weighted by molar-refractivity contribution is 0.230. The van der Waals surface area contributed by atoms with Crippen LogP contribution in [0.15, 0.2) is 16.7 Å². The van der Waals surface area contributed by atoms with E-state index >= 15 is 0 Å². The van der Waals surface area contributed by atoms with E-state index in [0.717, 1.165) is 24.4 Å². The van der Waals surface area contributed by atoms with Gasteiger partial charge in [0.05, 0.1) is 6.26 Å². The first-order chi connectivity index (χ1) is 7.33. The minimum Gasteiger partial charge on any atom is -0.453 e. The van der Waals surface area contributed by atoms with E-state index in [2.05, 4.69) is 12.2 Å². The van der Waals surface area contributed by atoms with Crippen LogP contribution in [-0.2, 0) is 0 Å². The summed E-state index contributed by atoms with van der Waals surface area (Å²) in [5, 5.41) is 4.12. The average Bonchev–Trinajstić information content (AvgIpc) is 2.55. The predicted molar refractivity (Wildman–Crippen MR) is 62.1 cm³/mol. The highest BCUT2D eigenvalue weighted by Crippen LogP contribution is 2.40. The maximum Gasteiger partial charge on any atom is 0.197 e. The molecule has 15 heavy (non-hydrogen) atoms. The van der Waals surface area contributed by atoms with Gasteiger partial charge in [0.15, 0.2) is 5.22 Å². The van der Waals surface area contributed by atoms with Gasteiger partial charge in [-0.3, -0.25) is 0 Å². The topological polar surface area (TPSA) is 25.2 Å². The van der Waals surface area contributed by atoms with Gasteiger partial charge in [-0.15, -0.1) is 0 Å². The summed E-state index contributed by atoms with van der Waals surface area (Å²) >= 11 is 6.03. The minimum atomic E-state index is 0.393. The van der Waals surface area contributed by atoms with Crippen molar-refractivity contribution in [1.29, 1.82) is 0 Å². The van der Waals surface area contributed by atoms with E-state index in [1.165, 1.54) is 19.3 Å². The van der Waals surface area contributed by atoms with E-state index in [-0.39, 0.29) is 0 Å². The summed E-state index contributed by atoms with van der Waals surface area (Å²) < 4.78 is 5.17. The predicted octanol–water partition coefficient (Wildman–Crippen LogP) is 3.77. The molecule has 0 radical (unpaired) electrons. The third-order valence-electron chi connectivity index (χ3n) is 3.22. The molecule has 1 N–H and O–H groups in total. The normalized spacial score (nSPS) is 18.8. The average molecular weight is 228 g/mol. The summed E-state index contributed by atoms with van der Waals surface area (Å²) in [4.78, 5) is 0. The van der Waals surface area contributed by atoms with Crippen LogP contribution in [0.3, 0.4) is 0 Å². The Kier molecular flexibility index (Phi) is 3.71. The number of hydrogen-bond acceptors (Lipinski definition) is 2. The van der Waals surface area contributed by atoms with Crippen molar-refractivity contribution >= 4 is 11.6 Å². The molecule has 1 heterocycles. The highest BCUT2D eigenvalue weighted by molar-refractivity contribution is 6.29. The highest BCUT2D eigenvalue weighted by atomic mass is 35.5. The molecule has 84 valence electrons. The van der Waals surface area contributed by atoms with Gasteiger partial charge in [-0.25, -0.2) is 0 Å². The molecule has 3 heteroatoms. The number of furan rings is 1. The molecule has 0 amide bonds. The number of nitrogens with one attached hydrogen (secondary N) is 1. The van der Waals surface area contributed by atoms with Crippen LogP contribution in [-0.4, -0.2) is 6.54 Å². The Bertz CT molecular complexity index is 306. The van der Waals surface area contributed by atoms with Gasteiger partial charge < -0.3 is 9.73 Å². The second kappa shape index (κ2) is 5.04. The van der Waals surface area contributed by atoms with Crippen LogP contribution in [0.25, 0.3) is 0 Å². The van der Waals surface area contributed by atoms with Gasteiger partial charge in [0, 0.05) is 11.6 Å². The fraction of sp³-hybridized carbons (Fsp3) is 0.667. The Morgan fingerprint density at radius 3 is 2.87 bits per heavy atom. The summed E-state index contributed by atoms with van der Waals surface area (Å²) in [6, 6.07) is 2.39. The van der Waals surface area contributed by atoms with Crippen molar-refractivity contribution in [1.82, 2.24) is 5.32 Å². The van der Waals surface area contributed by atoms with Crippen molar-refractivity contribution in [2.75, 3.05) is 6.54 Å². The van der Waals surface area contributed by atoms with Crippen LogP contribution in [0, 0.1) is 5.92 Å². The molecule has 1 aromatic heterocycles. The van der Waals surface area contributed by atoms with E-state index in [1.54, 1.807) is 6.26 Å². The second-order valence-corrected chi connectivity index (χ2v) is 4.62. The largest absolute Gasteiger partial charge is 0.453 e. The fourth-order valence-corrected chi connectivity index (χ4v) is 2.36. The standard InChI is InChI=1S/C12H18ClNO/c1-2-7-14-11(9-4-3-5-9)10-6-8-15-12(10)13/h6,8-9,11,14H,2-5,7H2,1H3. The Morgan fingerprint density at radius 1 is 1.60 bits per heavy atom. The smallest absolute Gasteiger partial charge is 0.197 e. The molecule has 1 unspecified atom stereocenters. The van der Waals surface area contributed by atoms with Crippen molar-refractivity contribution in [3.8, 4) is 0 Å². The van der Waals surface area contributed by atoms with Crippen LogP contribution in [0.4, 0.5) is 0 Å². The molecule has 0 bridgehead atoms. The Labute approximate surface area is 96.0 Å². The molecule has 1 atom stereocenters. The van der Waals surface area contributed by atoms with Gasteiger partial charge >= 0.3 is 0 Å². The minimum absolute atomic E-state index is 0.393. The van der Waals surface area contributed by atoms with E-state index < -0.39 is 0 Å². The lowest BCUT2D eigenvalue weighted by Gasteiger charge is -2.34. The van der Waals surface area contributed by atoms with Gasteiger partial charge in [-0.2, -0.15) is 0 Å². The zero-order chi connectivity index (χ0) is 10.7. The van der Waals surface area contributed by atoms with Crippen LogP contribution in [0.2, 0.25) is 5.22 Å². The van der Waals surface area contributed by atoms with Crippen LogP contribution in [0.1, 0.15) is 44.2 Å². The zero-order valence-electron chi connectivity index (χ0n) is 9.13. The number of hydrogen-bond donors (Lipinski definition) is 1. The lowest BCUT2D eigenvalue weighted by atomic mass is 9.77. The van der Waals surface area contributed by atoms with Gasteiger partial charge in [-0.1, -0.05) is 13.3 Å². The van der Waals surface area contributed by atoms with Gasteiger partial charge in [-0.05, 0) is 49.4 Å². The summed E-state index contributed by atoms with van der Waals surface area (Å²) in [7, 11) is 0. The zero-order valence-corrected chi connectivity index (χ0v) is 9.89. The molecule has 1 aliphatic rings. The van der Waals surface area contributed by atoms with Crippen molar-refractivity contribution in [3.05, 3.63) is 23.1 Å². The number of rotatable bonds is 5. The summed E-state index contributed by atoms with van der Waals surface area (Å²) in [5.41, 5.74) is 1.13. The number of halogens is 1. The van der Waals surface area contributed by atoms with Crippen LogP contribution >= 0.6 is 11.6 Å². The third kappa shape index (κ3) is 2.37. The van der Waals surface area contributed by atoms with E-state index in [0.29, 0.717) is 11.3 Å². The molecule has 0 spiro atoms. The van der Waals surface area contributed by atoms with Gasteiger partial charge in [0.1, 0.15) is 0 Å². The van der Waals surface area contributed by atoms with Crippen molar-refractivity contribution in [2.45, 2.75) is 38.6 Å². The summed E-state index contributed by atoms with van der Waals surface area (Å²) in [5.74, 6) is 0.742. The molecule has 1 aromatic rings. The Balaban J connectivity index is 2.07. The summed E-state index contributed by atoms with van der Waals surface area (Å²) in [6.45, 7) is 3.23. The molecule has 0 aromatic carbocycles. The van der Waals surface area contributed by atoms with Gasteiger partial charge in [0.25, 0.3) is 0 Å². The monoisotopic (exact) mass is 227 g/mol. The molecular weight excluding hydrogens is 210 g/mol. The first kappa shape index (κ1) is 11.0. The molecule has 0 aliphatic heterocycles. The molecule has 0 saturated heterocycles. The van der Waals surface area contributed by atoms with Crippen molar-refractivity contribution in [2.24, 2.45) is 5.92 Å². The molecule has 1 saturated carbocycles. The van der Waals surface area contributed by atoms with Crippen LogP contribution in [0.5, 0.6) is 0 Å². The fourth-order valence-electron chi connectivity index (χ4n) is 2.13. The third-order valence-corrected chi connectivity index (χ3v) is 3.52. The second-order valence-electron chi connectivity index (χ2n) is 4.27. The molecule has 1 aliphatic carbocycles. The SMILES string of the molecule is CCCNC(c1ccoc1Cl)C1CCC1. The van der Waals surface area contributed by atoms with E-state index in [1.807, 2.05) is 6.07 Å². The first-order valence-corrected chi connectivity index (χ1v) is 6.17. The first-order valence-electron chi connectivity index (χ1n) is 5.79. The van der Waals surface area contributed by atoms with Gasteiger partial charge in [0.2, 0.25) is 0 Å². The van der Waals surface area contributed by atoms with Crippen molar-refractivity contribution in [3.63, 3.8) is 0 Å². The molecule has 2 rings (SSSR count). The van der Waals surface area contributed by atoms with E-state index in [9.17, 15) is 0 Å². The van der Waals surface area contributed by atoms with Crippen molar-refractivity contribution < 1.29 is 4.42 Å². The maximum absolute atomic E-state index is 6.03. The Hall–Kier alpha value is -0.470. The van der Waals surface area contributed by atoms with E-state index in [4.69, 9.17) is 16.0 Å². The maximum atomic E-state index is 6.03. The molecule has 1 fully saturated rings. The highest BCUT2D eigenvalue weighted by Gasteiger charge is 2.30.